The molecular formula is C23H23N3O6S. The second-order valence-corrected chi connectivity index (χ2v) is 9.26. The summed E-state index contributed by atoms with van der Waals surface area (Å²) in [4.78, 5) is 22.6. The van der Waals surface area contributed by atoms with Crippen LogP contribution in [-0.2, 0) is 14.6 Å². The number of benzene rings is 3. The van der Waals surface area contributed by atoms with E-state index in [1.807, 2.05) is 19.1 Å². The maximum Gasteiger partial charge on any atom is 0.273 e. The molecule has 9 nitrogen and oxygen atoms in total. The van der Waals surface area contributed by atoms with E-state index in [1.54, 1.807) is 18.2 Å². The SMILES string of the molecule is COc1ccc(NCC(=O)Nc2ccc(C)cc2)c(S(=O)(=O)c2ccc(C)c([N+](=O)[O-])c2)c1. The first-order valence-corrected chi connectivity index (χ1v) is 11.4. The van der Waals surface area contributed by atoms with Crippen LogP contribution in [0, 0.1) is 24.0 Å². The maximum absolute atomic E-state index is 13.4. The van der Waals surface area contributed by atoms with E-state index in [4.69, 9.17) is 4.74 Å². The zero-order valence-corrected chi connectivity index (χ0v) is 19.1. The number of carbonyl (C=O) groups is 1. The predicted octanol–water partition coefficient (Wildman–Crippen LogP) is 4.10. The Bertz CT molecular complexity index is 1300. The first kappa shape index (κ1) is 23.7. The molecule has 0 bridgehead atoms. The van der Waals surface area contributed by atoms with Gasteiger partial charge in [-0.1, -0.05) is 23.8 Å². The fraction of sp³-hybridized carbons (Fsp3) is 0.174. The highest BCUT2D eigenvalue weighted by atomic mass is 32.2. The highest BCUT2D eigenvalue weighted by Crippen LogP contribution is 2.33. The summed E-state index contributed by atoms with van der Waals surface area (Å²) in [5, 5.41) is 16.9. The van der Waals surface area contributed by atoms with Crippen molar-refractivity contribution in [2.75, 3.05) is 24.3 Å². The van der Waals surface area contributed by atoms with E-state index in [-0.39, 0.29) is 39.4 Å². The largest absolute Gasteiger partial charge is 0.497 e. The Kier molecular flexibility index (Phi) is 6.98. The van der Waals surface area contributed by atoms with Crippen molar-refractivity contribution in [3.63, 3.8) is 0 Å². The van der Waals surface area contributed by atoms with E-state index in [0.29, 0.717) is 11.3 Å². The lowest BCUT2D eigenvalue weighted by atomic mass is 10.2. The van der Waals surface area contributed by atoms with Crippen LogP contribution in [0.4, 0.5) is 17.1 Å². The minimum Gasteiger partial charge on any atom is -0.497 e. The standard InChI is InChI=1S/C23H23N3O6S/c1-15-4-7-17(8-5-15)25-23(27)14-24-20-11-9-18(32-3)12-22(20)33(30,31)19-10-6-16(2)21(13-19)26(28)29/h4-13,24H,14H2,1-3H3,(H,25,27). The first-order valence-electron chi connectivity index (χ1n) is 9.90. The van der Waals surface area contributed by atoms with Crippen LogP contribution < -0.4 is 15.4 Å². The summed E-state index contributed by atoms with van der Waals surface area (Å²) in [6.45, 7) is 3.26. The van der Waals surface area contributed by atoms with Crippen LogP contribution in [0.25, 0.3) is 0 Å². The molecule has 2 N–H and O–H groups in total. The minimum atomic E-state index is -4.17. The second kappa shape index (κ2) is 9.70. The van der Waals surface area contributed by atoms with Crippen molar-refractivity contribution in [3.05, 3.63) is 81.9 Å². The molecule has 0 radical (unpaired) electrons. The fourth-order valence-electron chi connectivity index (χ4n) is 3.10. The van der Waals surface area contributed by atoms with Gasteiger partial charge in [0.05, 0.1) is 34.1 Å². The first-order chi connectivity index (χ1) is 15.6. The third kappa shape index (κ3) is 5.47. The van der Waals surface area contributed by atoms with Crippen molar-refractivity contribution in [1.29, 1.82) is 0 Å². The summed E-state index contributed by atoms with van der Waals surface area (Å²) in [6.07, 6.45) is 0. The molecule has 0 spiro atoms. The number of hydrogen-bond donors (Lipinski definition) is 2. The molecule has 33 heavy (non-hydrogen) atoms. The van der Waals surface area contributed by atoms with Crippen molar-refractivity contribution in [3.8, 4) is 5.75 Å². The van der Waals surface area contributed by atoms with Crippen LogP contribution in [0.1, 0.15) is 11.1 Å². The molecule has 0 aliphatic rings. The average Bonchev–Trinajstić information content (AvgIpc) is 2.79. The summed E-state index contributed by atoms with van der Waals surface area (Å²) in [7, 11) is -2.77. The molecule has 172 valence electrons. The third-order valence-corrected chi connectivity index (χ3v) is 6.73. The smallest absolute Gasteiger partial charge is 0.273 e. The Balaban J connectivity index is 1.90. The topological polar surface area (TPSA) is 128 Å². The summed E-state index contributed by atoms with van der Waals surface area (Å²) < 4.78 is 31.9. The number of aryl methyl sites for hydroxylation is 2. The normalized spacial score (nSPS) is 11.0. The van der Waals surface area contributed by atoms with Gasteiger partial charge < -0.3 is 15.4 Å². The minimum absolute atomic E-state index is 0.164. The molecule has 3 aromatic carbocycles. The monoisotopic (exact) mass is 469 g/mol. The van der Waals surface area contributed by atoms with Gasteiger partial charge in [-0.3, -0.25) is 14.9 Å². The van der Waals surface area contributed by atoms with E-state index in [0.717, 1.165) is 11.6 Å². The Hall–Kier alpha value is -3.92. The lowest BCUT2D eigenvalue weighted by molar-refractivity contribution is -0.385. The highest BCUT2D eigenvalue weighted by Gasteiger charge is 2.25. The van der Waals surface area contributed by atoms with Gasteiger partial charge in [0.1, 0.15) is 5.75 Å². The van der Waals surface area contributed by atoms with Gasteiger partial charge in [-0.15, -0.1) is 0 Å². The van der Waals surface area contributed by atoms with Crippen molar-refractivity contribution in [2.24, 2.45) is 0 Å². The van der Waals surface area contributed by atoms with Gasteiger partial charge in [0.2, 0.25) is 15.7 Å². The van der Waals surface area contributed by atoms with Gasteiger partial charge in [-0.25, -0.2) is 8.42 Å². The Labute approximate surface area is 191 Å². The number of hydrogen-bond acceptors (Lipinski definition) is 7. The number of ether oxygens (including phenoxy) is 1. The predicted molar refractivity (Wildman–Crippen MR) is 125 cm³/mol. The number of nitro benzene ring substituents is 1. The van der Waals surface area contributed by atoms with Crippen molar-refractivity contribution in [2.45, 2.75) is 23.6 Å². The molecule has 0 aliphatic heterocycles. The molecule has 3 aromatic rings. The van der Waals surface area contributed by atoms with Crippen LogP contribution in [0.5, 0.6) is 5.75 Å². The lowest BCUT2D eigenvalue weighted by Gasteiger charge is -2.14. The van der Waals surface area contributed by atoms with Crippen molar-refractivity contribution in [1.82, 2.24) is 0 Å². The molecule has 0 heterocycles. The summed E-state index contributed by atoms with van der Waals surface area (Å²) in [5.41, 5.74) is 1.87. The molecule has 3 rings (SSSR count). The van der Waals surface area contributed by atoms with E-state index in [2.05, 4.69) is 10.6 Å². The molecule has 0 aromatic heterocycles. The molecule has 0 saturated carbocycles. The number of nitrogens with zero attached hydrogens (tertiary/aromatic N) is 1. The number of nitrogens with one attached hydrogen (secondary N) is 2. The summed E-state index contributed by atoms with van der Waals surface area (Å²) in [6, 6.07) is 15.3. The van der Waals surface area contributed by atoms with Crippen LogP contribution in [0.2, 0.25) is 0 Å². The molecule has 10 heteroatoms. The van der Waals surface area contributed by atoms with Gasteiger partial charge in [0.25, 0.3) is 5.69 Å². The van der Waals surface area contributed by atoms with Gasteiger partial charge in [-0.2, -0.15) is 0 Å². The van der Waals surface area contributed by atoms with E-state index in [1.165, 1.54) is 38.3 Å². The molecule has 0 unspecified atom stereocenters. The Morgan fingerprint density at radius 2 is 1.73 bits per heavy atom. The van der Waals surface area contributed by atoms with E-state index in [9.17, 15) is 23.3 Å². The third-order valence-electron chi connectivity index (χ3n) is 4.94. The van der Waals surface area contributed by atoms with Gasteiger partial charge in [0, 0.05) is 23.4 Å². The summed E-state index contributed by atoms with van der Waals surface area (Å²) in [5.74, 6) is -0.0890. The maximum atomic E-state index is 13.4. The zero-order valence-electron chi connectivity index (χ0n) is 18.3. The number of anilines is 2. The van der Waals surface area contributed by atoms with Crippen LogP contribution >= 0.6 is 0 Å². The number of rotatable bonds is 8. The Morgan fingerprint density at radius 3 is 2.36 bits per heavy atom. The van der Waals surface area contributed by atoms with Crippen LogP contribution in [-0.4, -0.2) is 32.9 Å². The summed E-state index contributed by atoms with van der Waals surface area (Å²) >= 11 is 0. The van der Waals surface area contributed by atoms with Crippen molar-refractivity contribution >= 4 is 32.8 Å². The van der Waals surface area contributed by atoms with Crippen molar-refractivity contribution < 1.29 is 22.9 Å². The lowest BCUT2D eigenvalue weighted by Crippen LogP contribution is -2.22. The molecule has 0 aliphatic carbocycles. The highest BCUT2D eigenvalue weighted by molar-refractivity contribution is 7.91. The second-order valence-electron chi connectivity index (χ2n) is 7.34. The van der Waals surface area contributed by atoms with Crippen LogP contribution in [0.15, 0.2) is 70.5 Å². The number of amides is 1. The Morgan fingerprint density at radius 1 is 1.03 bits per heavy atom. The number of sulfone groups is 1. The molecule has 1 amide bonds. The molecule has 0 saturated heterocycles. The molecule has 0 atom stereocenters. The quantitative estimate of drug-likeness (QED) is 0.375. The fourth-order valence-corrected chi connectivity index (χ4v) is 4.56. The van der Waals surface area contributed by atoms with Gasteiger partial charge >= 0.3 is 0 Å². The van der Waals surface area contributed by atoms with Crippen LogP contribution in [0.3, 0.4) is 0 Å². The van der Waals surface area contributed by atoms with E-state index < -0.39 is 14.8 Å². The van der Waals surface area contributed by atoms with E-state index >= 15 is 0 Å². The molecule has 0 fully saturated rings. The average molecular weight is 470 g/mol. The van der Waals surface area contributed by atoms with Gasteiger partial charge in [-0.05, 0) is 44.2 Å². The number of nitro groups is 1. The number of carbonyl (C=O) groups excluding carboxylic acids is 1. The van der Waals surface area contributed by atoms with Gasteiger partial charge in [0.15, 0.2) is 0 Å². The molecular weight excluding hydrogens is 446 g/mol. The number of methoxy groups -OCH3 is 1. The zero-order chi connectivity index (χ0) is 24.2.